The van der Waals surface area contributed by atoms with E-state index >= 15 is 0 Å². The zero-order valence-electron chi connectivity index (χ0n) is 24.6. The largest absolute Gasteiger partial charge is 0.486 e. The number of piperidine rings is 1. The fraction of sp³-hybridized carbons (Fsp3) is 0.438. The quantitative estimate of drug-likeness (QED) is 0.398. The SMILES string of the molecule is C[C@H](O)C(=O)N1CC[C@H](Oc2ccc(-c3nccc(Nc4ccc(N5CCN(C6COC6)CC5)cc4)n3)cc2C#N)[C@H](F)C1. The first kappa shape index (κ1) is 29.7. The number of aliphatic hydroxyl groups excluding tert-OH is 1. The topological polar surface area (TPSA) is 127 Å². The first-order valence-corrected chi connectivity index (χ1v) is 15.0. The van der Waals surface area contributed by atoms with E-state index in [9.17, 15) is 19.6 Å². The van der Waals surface area contributed by atoms with Crippen molar-refractivity contribution < 1.29 is 23.8 Å². The second kappa shape index (κ2) is 13.1. The molecular formula is C32H36FN7O4. The molecule has 3 fully saturated rings. The van der Waals surface area contributed by atoms with Crippen LogP contribution in [-0.2, 0) is 9.53 Å². The Bertz CT molecular complexity index is 1500. The van der Waals surface area contributed by atoms with Gasteiger partial charge in [0.15, 0.2) is 12.0 Å². The Labute approximate surface area is 255 Å². The Morgan fingerprint density at radius 2 is 1.91 bits per heavy atom. The molecule has 230 valence electrons. The van der Waals surface area contributed by atoms with E-state index in [2.05, 4.69) is 43.3 Å². The number of amides is 1. The Hall–Kier alpha value is -4.31. The molecule has 2 aromatic carbocycles. The number of carbonyl (C=O) groups excluding carboxylic acids is 1. The fourth-order valence-corrected chi connectivity index (χ4v) is 5.75. The minimum atomic E-state index is -1.45. The highest BCUT2D eigenvalue weighted by molar-refractivity contribution is 5.80. The van der Waals surface area contributed by atoms with Crippen LogP contribution in [0.5, 0.6) is 5.75 Å². The predicted molar refractivity (Wildman–Crippen MR) is 162 cm³/mol. The van der Waals surface area contributed by atoms with Crippen molar-refractivity contribution in [3.05, 3.63) is 60.3 Å². The van der Waals surface area contributed by atoms with Crippen molar-refractivity contribution in [1.82, 2.24) is 19.8 Å². The third kappa shape index (κ3) is 6.60. The highest BCUT2D eigenvalue weighted by Gasteiger charge is 2.34. The van der Waals surface area contributed by atoms with Crippen molar-refractivity contribution in [2.75, 3.05) is 62.7 Å². The second-order valence-electron chi connectivity index (χ2n) is 11.4. The molecule has 0 aliphatic carbocycles. The number of nitriles is 1. The first-order chi connectivity index (χ1) is 21.4. The van der Waals surface area contributed by atoms with Crippen LogP contribution >= 0.6 is 0 Å². The molecular weight excluding hydrogens is 565 g/mol. The van der Waals surface area contributed by atoms with Crippen molar-refractivity contribution in [3.63, 3.8) is 0 Å². The van der Waals surface area contributed by atoms with Crippen molar-refractivity contribution in [3.8, 4) is 23.2 Å². The number of alkyl halides is 1. The van der Waals surface area contributed by atoms with Gasteiger partial charge in [-0.1, -0.05) is 0 Å². The van der Waals surface area contributed by atoms with E-state index in [0.29, 0.717) is 23.2 Å². The zero-order valence-corrected chi connectivity index (χ0v) is 24.6. The molecule has 0 saturated carbocycles. The van der Waals surface area contributed by atoms with Gasteiger partial charge in [0, 0.05) is 62.3 Å². The van der Waals surface area contributed by atoms with Gasteiger partial charge in [0.1, 0.15) is 29.8 Å². The Morgan fingerprint density at radius 1 is 1.14 bits per heavy atom. The molecule has 6 rings (SSSR count). The van der Waals surface area contributed by atoms with E-state index in [1.54, 1.807) is 30.5 Å². The first-order valence-electron chi connectivity index (χ1n) is 15.0. The van der Waals surface area contributed by atoms with Crippen LogP contribution in [0.25, 0.3) is 11.4 Å². The van der Waals surface area contributed by atoms with Crippen LogP contribution in [0.4, 0.5) is 21.6 Å². The lowest BCUT2D eigenvalue weighted by molar-refractivity contribution is -0.143. The molecule has 3 atom stereocenters. The normalized spacial score (nSPS) is 21.7. The van der Waals surface area contributed by atoms with Gasteiger partial charge in [-0.2, -0.15) is 5.26 Å². The minimum absolute atomic E-state index is 0.168. The van der Waals surface area contributed by atoms with Crippen molar-refractivity contribution >= 4 is 23.1 Å². The summed E-state index contributed by atoms with van der Waals surface area (Å²) in [7, 11) is 0. The molecule has 0 bridgehead atoms. The molecule has 11 nitrogen and oxygen atoms in total. The number of hydrogen-bond donors (Lipinski definition) is 2. The molecule has 1 aromatic heterocycles. The molecule has 0 radical (unpaired) electrons. The molecule has 3 aliphatic rings. The summed E-state index contributed by atoms with van der Waals surface area (Å²) in [6.45, 7) is 7.22. The van der Waals surface area contributed by atoms with Gasteiger partial charge in [0.05, 0.1) is 31.4 Å². The molecule has 44 heavy (non-hydrogen) atoms. The van der Waals surface area contributed by atoms with Gasteiger partial charge >= 0.3 is 0 Å². The third-order valence-corrected chi connectivity index (χ3v) is 8.40. The average Bonchev–Trinajstić information content (AvgIpc) is 3.02. The molecule has 3 saturated heterocycles. The number of benzene rings is 2. The molecule has 0 spiro atoms. The Morgan fingerprint density at radius 3 is 2.57 bits per heavy atom. The summed E-state index contributed by atoms with van der Waals surface area (Å²) in [6, 6.07) is 17.8. The summed E-state index contributed by atoms with van der Waals surface area (Å²) in [5.41, 5.74) is 2.94. The van der Waals surface area contributed by atoms with Crippen molar-refractivity contribution in [1.29, 1.82) is 5.26 Å². The molecule has 4 heterocycles. The van der Waals surface area contributed by atoms with E-state index in [1.807, 2.05) is 12.1 Å². The monoisotopic (exact) mass is 601 g/mol. The summed E-state index contributed by atoms with van der Waals surface area (Å²) in [5.74, 6) is 0.785. The third-order valence-electron chi connectivity index (χ3n) is 8.40. The average molecular weight is 602 g/mol. The standard InChI is InChI=1S/C32H36FN7O4/c1-21(41)32(42)40-11-9-29(27(33)18-40)44-28-7-2-22(16-23(28)17-34)31-35-10-8-30(37-31)36-24-3-5-25(6-4-24)38-12-14-39(15-13-38)26-19-43-20-26/h2-8,10,16,21,26-27,29,41H,9,11-15,18-20H2,1H3,(H,35,36,37)/t21-,27+,29-/m0/s1. The Balaban J connectivity index is 1.07. The van der Waals surface area contributed by atoms with E-state index in [-0.39, 0.29) is 30.8 Å². The number of halogens is 1. The van der Waals surface area contributed by atoms with Crippen LogP contribution in [0, 0.1) is 11.3 Å². The number of ether oxygens (including phenoxy) is 2. The smallest absolute Gasteiger partial charge is 0.251 e. The van der Waals surface area contributed by atoms with Gasteiger partial charge in [0.2, 0.25) is 0 Å². The number of carbonyl (C=O) groups is 1. The molecule has 12 heteroatoms. The number of rotatable bonds is 8. The highest BCUT2D eigenvalue weighted by Crippen LogP contribution is 2.29. The number of hydrogen-bond acceptors (Lipinski definition) is 10. The zero-order chi connectivity index (χ0) is 30.6. The maximum atomic E-state index is 14.9. The lowest BCUT2D eigenvalue weighted by atomic mass is 10.0. The van der Waals surface area contributed by atoms with E-state index in [4.69, 9.17) is 9.47 Å². The van der Waals surface area contributed by atoms with Crippen LogP contribution in [0.15, 0.2) is 54.7 Å². The van der Waals surface area contributed by atoms with Crippen LogP contribution < -0.4 is 15.0 Å². The molecule has 3 aromatic rings. The van der Waals surface area contributed by atoms with Crippen LogP contribution in [0.1, 0.15) is 18.9 Å². The minimum Gasteiger partial charge on any atom is -0.486 e. The number of piperazine rings is 1. The lowest BCUT2D eigenvalue weighted by Crippen LogP contribution is -2.56. The summed E-state index contributed by atoms with van der Waals surface area (Å²) < 4.78 is 26.1. The number of aromatic nitrogens is 2. The lowest BCUT2D eigenvalue weighted by Gasteiger charge is -2.43. The van der Waals surface area contributed by atoms with Crippen LogP contribution in [-0.4, -0.2) is 108 Å². The maximum absolute atomic E-state index is 14.9. The predicted octanol–water partition coefficient (Wildman–Crippen LogP) is 2.98. The summed E-state index contributed by atoms with van der Waals surface area (Å²) in [6.07, 6.45) is -1.54. The summed E-state index contributed by atoms with van der Waals surface area (Å²) in [4.78, 5) is 27.3. The number of aliphatic hydroxyl groups is 1. The van der Waals surface area contributed by atoms with E-state index in [1.165, 1.54) is 17.5 Å². The summed E-state index contributed by atoms with van der Waals surface area (Å²) >= 11 is 0. The number of nitrogens with zero attached hydrogens (tertiary/aromatic N) is 6. The van der Waals surface area contributed by atoms with Gasteiger partial charge in [-0.15, -0.1) is 0 Å². The highest BCUT2D eigenvalue weighted by atomic mass is 19.1. The van der Waals surface area contributed by atoms with Crippen molar-refractivity contribution in [2.45, 2.75) is 37.8 Å². The van der Waals surface area contributed by atoms with Gasteiger partial charge in [-0.3, -0.25) is 9.69 Å². The fourth-order valence-electron chi connectivity index (χ4n) is 5.75. The maximum Gasteiger partial charge on any atom is 0.251 e. The van der Waals surface area contributed by atoms with E-state index in [0.717, 1.165) is 45.1 Å². The molecule has 2 N–H and O–H groups in total. The Kier molecular flexibility index (Phi) is 8.88. The van der Waals surface area contributed by atoms with Crippen LogP contribution in [0.2, 0.25) is 0 Å². The second-order valence-corrected chi connectivity index (χ2v) is 11.4. The van der Waals surface area contributed by atoms with Gasteiger partial charge in [-0.25, -0.2) is 14.4 Å². The van der Waals surface area contributed by atoms with Gasteiger partial charge in [-0.05, 0) is 55.5 Å². The number of nitrogens with one attached hydrogen (secondary N) is 1. The number of anilines is 3. The molecule has 3 aliphatic heterocycles. The van der Waals surface area contributed by atoms with Gasteiger partial charge in [0.25, 0.3) is 5.91 Å². The van der Waals surface area contributed by atoms with Gasteiger partial charge < -0.3 is 29.7 Å². The van der Waals surface area contributed by atoms with Crippen LogP contribution in [0.3, 0.4) is 0 Å². The van der Waals surface area contributed by atoms with Crippen molar-refractivity contribution in [2.24, 2.45) is 0 Å². The van der Waals surface area contributed by atoms with E-state index < -0.39 is 24.3 Å². The molecule has 0 unspecified atom stereocenters. The number of likely N-dealkylation sites (tertiary alicyclic amines) is 1. The molecule has 1 amide bonds. The summed E-state index contributed by atoms with van der Waals surface area (Å²) in [5, 5.41) is 22.7.